The molecule has 0 saturated carbocycles. The predicted octanol–water partition coefficient (Wildman–Crippen LogP) is 13.6. The van der Waals surface area contributed by atoms with Gasteiger partial charge in [0.1, 0.15) is 22.3 Å². The van der Waals surface area contributed by atoms with Gasteiger partial charge < -0.3 is 18.7 Å². The molecule has 60 heavy (non-hydrogen) atoms. The van der Waals surface area contributed by atoms with Crippen LogP contribution in [0.25, 0.3) is 93.6 Å². The number of para-hydroxylation sites is 2. The van der Waals surface area contributed by atoms with Crippen molar-refractivity contribution >= 4 is 95.3 Å². The first kappa shape index (κ1) is 33.9. The fourth-order valence-corrected chi connectivity index (χ4v) is 10.5. The third kappa shape index (κ3) is 4.58. The molecule has 2 aliphatic rings. The smallest absolute Gasteiger partial charge is 0.197 e. The van der Waals surface area contributed by atoms with E-state index in [4.69, 9.17) is 8.83 Å². The Labute approximate surface area is 348 Å². The fourth-order valence-electron chi connectivity index (χ4n) is 10.5. The Morgan fingerprint density at radius 1 is 0.533 bits per heavy atom. The summed E-state index contributed by atoms with van der Waals surface area (Å²) < 4.78 is 15.5. The van der Waals surface area contributed by atoms with Crippen molar-refractivity contribution < 1.29 is 8.83 Å². The Morgan fingerprint density at radius 2 is 1.22 bits per heavy atom. The number of nitrogens with zero attached hydrogens (tertiary/aromatic N) is 1. The van der Waals surface area contributed by atoms with Gasteiger partial charge in [-0.25, -0.2) is 0 Å². The molecule has 1 N–H and O–H groups in total. The first-order valence-electron chi connectivity index (χ1n) is 21.0. The lowest BCUT2D eigenvalue weighted by atomic mass is 9.59. The number of furan rings is 2. The number of nitrogens with one attached hydrogen (secondary N) is 1. The number of anilines is 2. The van der Waals surface area contributed by atoms with E-state index < -0.39 is 0 Å². The van der Waals surface area contributed by atoms with Crippen LogP contribution >= 0.6 is 0 Å². The monoisotopic (exact) mass is 771 g/mol. The lowest BCUT2D eigenvalue weighted by Crippen LogP contribution is -2.37. The summed E-state index contributed by atoms with van der Waals surface area (Å²) in [7, 11) is 2.42. The summed E-state index contributed by atoms with van der Waals surface area (Å²) in [6.07, 6.45) is 0. The van der Waals surface area contributed by atoms with Crippen molar-refractivity contribution in [1.82, 2.24) is 4.57 Å². The molecule has 3 aromatic heterocycles. The third-order valence-corrected chi connectivity index (χ3v) is 13.6. The van der Waals surface area contributed by atoms with Gasteiger partial charge >= 0.3 is 0 Å². The van der Waals surface area contributed by atoms with E-state index in [0.717, 1.165) is 71.9 Å². The molecule has 0 atom stereocenters. The topological polar surface area (TPSA) is 43.2 Å². The first-order chi connectivity index (χ1) is 29.1. The summed E-state index contributed by atoms with van der Waals surface area (Å²) in [5.41, 5.74) is 20.4. The SMILES string of the molecule is CC(C)(C)c1ccc(Nc2cc3c(cc2-c2ccc4c5cc6c(cc5n5c4c2[B]c2cc4c(cc2-5)oc2ccccc24)oc2ccccc26)-c2ccccc2C3(C)C)cc1. The summed E-state index contributed by atoms with van der Waals surface area (Å²) >= 11 is 0. The lowest BCUT2D eigenvalue weighted by molar-refractivity contribution is 0.590. The minimum Gasteiger partial charge on any atom is -0.456 e. The van der Waals surface area contributed by atoms with Crippen LogP contribution in [0.1, 0.15) is 51.3 Å². The maximum Gasteiger partial charge on any atom is 0.197 e. The molecule has 0 saturated heterocycles. The van der Waals surface area contributed by atoms with Crippen molar-refractivity contribution in [2.75, 3.05) is 5.32 Å². The van der Waals surface area contributed by atoms with Gasteiger partial charge in [0.15, 0.2) is 7.28 Å². The second-order valence-corrected chi connectivity index (χ2v) is 18.4. The fraction of sp³-hybridized carbons (Fsp3) is 0.127. The standard InChI is InChI=1S/C55H40BN2O2/c1-54(2,3)30-18-20-31(21-19-30)57-45-27-43-37(32-12-6-9-15-42(32)55(43,4)5)24-38(45)35-22-23-36-39-25-40-33-13-7-10-16-48(33)59-50(40)28-46(39)58-47-29-51-41(26-44(47)56-52(35)53(36)58)34-14-8-11-17-49(34)60-51/h6-29,57H,1-5H3. The maximum absolute atomic E-state index is 6.53. The van der Waals surface area contributed by atoms with Gasteiger partial charge in [-0.1, -0.05) is 131 Å². The van der Waals surface area contributed by atoms with Crippen molar-refractivity contribution in [2.45, 2.75) is 45.4 Å². The van der Waals surface area contributed by atoms with Crippen LogP contribution in [0.15, 0.2) is 154 Å². The zero-order chi connectivity index (χ0) is 40.2. The molecule has 0 unspecified atom stereocenters. The Bertz CT molecular complexity index is 3670. The summed E-state index contributed by atoms with van der Waals surface area (Å²) in [5.74, 6) is 0. The molecule has 0 fully saturated rings. The molecule has 0 bridgehead atoms. The quantitative estimate of drug-likeness (QED) is 0.182. The van der Waals surface area contributed by atoms with E-state index >= 15 is 0 Å². The number of hydrogen-bond donors (Lipinski definition) is 1. The zero-order valence-electron chi connectivity index (χ0n) is 34.2. The second-order valence-electron chi connectivity index (χ2n) is 18.4. The van der Waals surface area contributed by atoms with Gasteiger partial charge in [0.2, 0.25) is 0 Å². The summed E-state index contributed by atoms with van der Waals surface area (Å²) in [6, 6.07) is 53.3. The van der Waals surface area contributed by atoms with Crippen molar-refractivity contribution in [2.24, 2.45) is 0 Å². The molecule has 5 heteroatoms. The highest BCUT2D eigenvalue weighted by molar-refractivity contribution is 6.73. The molecule has 4 heterocycles. The average Bonchev–Trinajstić information content (AvgIpc) is 3.96. The first-order valence-corrected chi connectivity index (χ1v) is 21.0. The highest BCUT2D eigenvalue weighted by Crippen LogP contribution is 2.52. The predicted molar refractivity (Wildman–Crippen MR) is 252 cm³/mol. The van der Waals surface area contributed by atoms with Crippen LogP contribution in [0.2, 0.25) is 0 Å². The van der Waals surface area contributed by atoms with Gasteiger partial charge in [-0.2, -0.15) is 0 Å². The van der Waals surface area contributed by atoms with Crippen LogP contribution in [0.3, 0.4) is 0 Å². The van der Waals surface area contributed by atoms with E-state index in [1.54, 1.807) is 0 Å². The third-order valence-electron chi connectivity index (χ3n) is 13.6. The Balaban J connectivity index is 1.11. The van der Waals surface area contributed by atoms with Crippen molar-refractivity contribution in [3.05, 3.63) is 162 Å². The molecule has 11 aromatic rings. The largest absolute Gasteiger partial charge is 0.456 e. The zero-order valence-corrected chi connectivity index (χ0v) is 34.2. The van der Waals surface area contributed by atoms with E-state index in [1.807, 2.05) is 12.1 Å². The molecular formula is C55H40BN2O2. The van der Waals surface area contributed by atoms with Gasteiger partial charge in [0.25, 0.3) is 0 Å². The van der Waals surface area contributed by atoms with Gasteiger partial charge in [0.05, 0.1) is 5.52 Å². The van der Waals surface area contributed by atoms with Crippen LogP contribution in [-0.4, -0.2) is 11.8 Å². The summed E-state index contributed by atoms with van der Waals surface area (Å²) in [5, 5.41) is 10.9. The number of rotatable bonds is 3. The highest BCUT2D eigenvalue weighted by Gasteiger charge is 2.37. The highest BCUT2D eigenvalue weighted by atomic mass is 16.3. The minimum atomic E-state index is -0.146. The van der Waals surface area contributed by atoms with Gasteiger partial charge in [-0.05, 0) is 86.7 Å². The summed E-state index contributed by atoms with van der Waals surface area (Å²) in [6.45, 7) is 11.5. The van der Waals surface area contributed by atoms with Crippen molar-refractivity contribution in [1.29, 1.82) is 0 Å². The minimum absolute atomic E-state index is 0.0691. The molecule has 4 nitrogen and oxygen atoms in total. The molecule has 8 aromatic carbocycles. The van der Waals surface area contributed by atoms with Gasteiger partial charge in [-0.15, -0.1) is 0 Å². The van der Waals surface area contributed by atoms with E-state index in [-0.39, 0.29) is 10.8 Å². The average molecular weight is 772 g/mol. The molecule has 0 amide bonds. The van der Waals surface area contributed by atoms with Crippen LogP contribution in [-0.2, 0) is 10.8 Å². The Hall–Kier alpha value is -6.98. The second kappa shape index (κ2) is 11.6. The molecule has 285 valence electrons. The molecular weight excluding hydrogens is 731 g/mol. The van der Waals surface area contributed by atoms with E-state index in [2.05, 4.69) is 185 Å². The van der Waals surface area contributed by atoms with E-state index in [0.29, 0.717) is 0 Å². The molecule has 13 rings (SSSR count). The van der Waals surface area contributed by atoms with E-state index in [1.165, 1.54) is 60.7 Å². The van der Waals surface area contributed by atoms with Crippen molar-refractivity contribution in [3.63, 3.8) is 0 Å². The van der Waals surface area contributed by atoms with Crippen LogP contribution in [0.5, 0.6) is 0 Å². The van der Waals surface area contributed by atoms with Gasteiger partial charge in [0, 0.05) is 78.0 Å². The lowest BCUT2D eigenvalue weighted by Gasteiger charge is -2.26. The molecule has 0 spiro atoms. The molecule has 1 aliphatic carbocycles. The summed E-state index contributed by atoms with van der Waals surface area (Å²) in [4.78, 5) is 0. The van der Waals surface area contributed by atoms with Gasteiger partial charge in [-0.3, -0.25) is 0 Å². The van der Waals surface area contributed by atoms with Crippen molar-refractivity contribution in [3.8, 4) is 27.9 Å². The Kier molecular flexibility index (Phi) is 6.57. The normalized spacial score (nSPS) is 14.0. The van der Waals surface area contributed by atoms with Crippen LogP contribution in [0, 0.1) is 0 Å². The van der Waals surface area contributed by atoms with Crippen LogP contribution < -0.4 is 16.2 Å². The number of benzene rings is 8. The molecule has 1 aliphatic heterocycles. The Morgan fingerprint density at radius 3 is 1.97 bits per heavy atom. The van der Waals surface area contributed by atoms with E-state index in [9.17, 15) is 0 Å². The van der Waals surface area contributed by atoms with Crippen LogP contribution in [0.4, 0.5) is 11.4 Å². The number of aromatic nitrogens is 1. The molecule has 1 radical (unpaired) electrons. The number of hydrogen-bond acceptors (Lipinski definition) is 3. The number of fused-ring (bicyclic) bond motifs is 14. The maximum atomic E-state index is 6.53.